The van der Waals surface area contributed by atoms with Gasteiger partial charge in [-0.2, -0.15) is 8.78 Å². The number of nitrogens with two attached hydrogens (primary N) is 1. The van der Waals surface area contributed by atoms with Crippen LogP contribution in [-0.4, -0.2) is 41.2 Å². The Kier molecular flexibility index (Phi) is 8.75. The number of nitrogens with zero attached hydrogens (tertiary/aromatic N) is 2. The van der Waals surface area contributed by atoms with Gasteiger partial charge in [0.15, 0.2) is 0 Å². The summed E-state index contributed by atoms with van der Waals surface area (Å²) in [6, 6.07) is 19.7. The summed E-state index contributed by atoms with van der Waals surface area (Å²) < 4.78 is 25.5. The van der Waals surface area contributed by atoms with Crippen molar-refractivity contribution in [3.05, 3.63) is 72.4 Å². The minimum atomic E-state index is -2.99. The van der Waals surface area contributed by atoms with Gasteiger partial charge in [0.05, 0.1) is 17.6 Å². The van der Waals surface area contributed by atoms with Crippen molar-refractivity contribution in [1.29, 1.82) is 0 Å². The number of carbonyl (C=O) groups is 2. The van der Waals surface area contributed by atoms with Crippen LogP contribution in [0.15, 0.2) is 66.9 Å². The molecule has 1 aromatic heterocycles. The number of nitrogens with one attached hydrogen (secondary N) is 1. The van der Waals surface area contributed by atoms with Gasteiger partial charge < -0.3 is 16.0 Å². The van der Waals surface area contributed by atoms with Crippen LogP contribution in [0.1, 0.15) is 51.5 Å². The SMILES string of the molecule is CN(C(=O)C(F)F)[C@H]1CC[C@H](CC(=O)Nc2cnc(-c3ccc(C(C)(C)N)cc3)c(-c3ccccc3)c2)CC1. The summed E-state index contributed by atoms with van der Waals surface area (Å²) in [5, 5.41) is 2.99. The summed E-state index contributed by atoms with van der Waals surface area (Å²) >= 11 is 0. The molecule has 39 heavy (non-hydrogen) atoms. The first-order valence-electron chi connectivity index (χ1n) is 13.3. The highest BCUT2D eigenvalue weighted by Crippen LogP contribution is 2.34. The van der Waals surface area contributed by atoms with Crippen LogP contribution >= 0.6 is 0 Å². The van der Waals surface area contributed by atoms with Crippen molar-refractivity contribution in [2.24, 2.45) is 11.7 Å². The predicted molar refractivity (Wildman–Crippen MR) is 150 cm³/mol. The van der Waals surface area contributed by atoms with Crippen LogP contribution in [0.25, 0.3) is 22.4 Å². The lowest BCUT2D eigenvalue weighted by molar-refractivity contribution is -0.144. The molecule has 206 valence electrons. The Bertz CT molecular complexity index is 1280. The zero-order valence-corrected chi connectivity index (χ0v) is 22.7. The van der Waals surface area contributed by atoms with Crippen LogP contribution in [0.4, 0.5) is 14.5 Å². The van der Waals surface area contributed by atoms with Gasteiger partial charge in [-0.1, -0.05) is 54.6 Å². The van der Waals surface area contributed by atoms with E-state index in [-0.39, 0.29) is 17.9 Å². The third-order valence-electron chi connectivity index (χ3n) is 7.53. The van der Waals surface area contributed by atoms with E-state index in [1.54, 1.807) is 6.20 Å². The third-order valence-corrected chi connectivity index (χ3v) is 7.53. The normalized spacial score (nSPS) is 17.6. The van der Waals surface area contributed by atoms with E-state index in [4.69, 9.17) is 10.7 Å². The maximum absolute atomic E-state index is 12.9. The number of anilines is 1. The molecule has 2 amide bonds. The van der Waals surface area contributed by atoms with Gasteiger partial charge in [0.1, 0.15) is 0 Å². The van der Waals surface area contributed by atoms with E-state index in [1.165, 1.54) is 7.05 Å². The number of hydrogen-bond acceptors (Lipinski definition) is 4. The number of carbonyl (C=O) groups excluding carboxylic acids is 2. The highest BCUT2D eigenvalue weighted by atomic mass is 19.3. The first-order chi connectivity index (χ1) is 18.5. The number of pyridine rings is 1. The molecule has 1 fully saturated rings. The molecule has 0 spiro atoms. The lowest BCUT2D eigenvalue weighted by Gasteiger charge is -2.34. The molecule has 3 N–H and O–H groups in total. The van der Waals surface area contributed by atoms with E-state index in [2.05, 4.69) is 5.32 Å². The fourth-order valence-electron chi connectivity index (χ4n) is 5.20. The standard InChI is InChI=1S/C31H36F2N4O2/c1-31(2,34)23-13-11-22(12-14-23)28-26(21-7-5-4-6-8-21)18-24(19-35-28)36-27(38)17-20-9-15-25(16-10-20)37(3)30(39)29(32)33/h4-8,11-14,18-20,25,29H,9-10,15-17,34H2,1-3H3,(H,36,38)/t20-,25-. The van der Waals surface area contributed by atoms with Gasteiger partial charge in [-0.15, -0.1) is 0 Å². The molecule has 0 bridgehead atoms. The van der Waals surface area contributed by atoms with E-state index in [1.807, 2.05) is 74.5 Å². The van der Waals surface area contributed by atoms with Crippen molar-refractivity contribution in [3.63, 3.8) is 0 Å². The molecule has 0 aliphatic heterocycles. The van der Waals surface area contributed by atoms with Crippen molar-refractivity contribution < 1.29 is 18.4 Å². The molecule has 6 nitrogen and oxygen atoms in total. The zero-order valence-electron chi connectivity index (χ0n) is 22.7. The molecule has 0 unspecified atom stereocenters. The molecule has 1 saturated carbocycles. The fraction of sp³-hybridized carbons (Fsp3) is 0.387. The van der Waals surface area contributed by atoms with Gasteiger partial charge in [-0.05, 0) is 62.6 Å². The topological polar surface area (TPSA) is 88.3 Å². The van der Waals surface area contributed by atoms with Crippen molar-refractivity contribution in [1.82, 2.24) is 9.88 Å². The number of rotatable bonds is 8. The fourth-order valence-corrected chi connectivity index (χ4v) is 5.20. The predicted octanol–water partition coefficient (Wildman–Crippen LogP) is 6.22. The molecule has 8 heteroatoms. The highest BCUT2D eigenvalue weighted by Gasteiger charge is 2.30. The molecule has 1 aliphatic rings. The lowest BCUT2D eigenvalue weighted by Crippen LogP contribution is -2.42. The second-order valence-electron chi connectivity index (χ2n) is 11.0. The lowest BCUT2D eigenvalue weighted by atomic mass is 9.83. The molecule has 4 rings (SSSR count). The molecule has 0 atom stereocenters. The Morgan fingerprint density at radius 1 is 1.03 bits per heavy atom. The van der Waals surface area contributed by atoms with Gasteiger partial charge in [0, 0.05) is 36.2 Å². The first-order valence-corrected chi connectivity index (χ1v) is 13.3. The summed E-state index contributed by atoms with van der Waals surface area (Å²) in [6.45, 7) is 3.93. The van der Waals surface area contributed by atoms with Gasteiger partial charge in [-0.3, -0.25) is 14.6 Å². The third kappa shape index (κ3) is 7.06. The number of halogens is 2. The number of amides is 2. The Balaban J connectivity index is 1.46. The van der Waals surface area contributed by atoms with Crippen molar-refractivity contribution in [3.8, 4) is 22.4 Å². The van der Waals surface area contributed by atoms with Crippen molar-refractivity contribution >= 4 is 17.5 Å². The zero-order chi connectivity index (χ0) is 28.2. The van der Waals surface area contributed by atoms with Gasteiger partial charge in [0.25, 0.3) is 5.91 Å². The van der Waals surface area contributed by atoms with E-state index >= 15 is 0 Å². The molecule has 0 saturated heterocycles. The van der Waals surface area contributed by atoms with Crippen molar-refractivity contribution in [2.75, 3.05) is 12.4 Å². The average Bonchev–Trinajstić information content (AvgIpc) is 2.92. The second-order valence-corrected chi connectivity index (χ2v) is 11.0. The summed E-state index contributed by atoms with van der Waals surface area (Å²) in [5.41, 5.74) is 11.1. The molecule has 1 aliphatic carbocycles. The Morgan fingerprint density at radius 2 is 1.67 bits per heavy atom. The average molecular weight is 535 g/mol. The highest BCUT2D eigenvalue weighted by molar-refractivity contribution is 5.93. The summed E-state index contributed by atoms with van der Waals surface area (Å²) in [5.74, 6) is -1.11. The van der Waals surface area contributed by atoms with Crippen LogP contribution in [0.2, 0.25) is 0 Å². The summed E-state index contributed by atoms with van der Waals surface area (Å²) in [4.78, 5) is 30.4. The number of benzene rings is 2. The number of alkyl halides is 2. The van der Waals surface area contributed by atoms with Crippen LogP contribution in [0.3, 0.4) is 0 Å². The minimum Gasteiger partial charge on any atom is -0.338 e. The van der Waals surface area contributed by atoms with Gasteiger partial charge >= 0.3 is 6.43 Å². The smallest absolute Gasteiger partial charge is 0.315 e. The Labute approximate surface area is 228 Å². The maximum Gasteiger partial charge on any atom is 0.315 e. The van der Waals surface area contributed by atoms with Crippen LogP contribution in [0.5, 0.6) is 0 Å². The van der Waals surface area contributed by atoms with Crippen molar-refractivity contribution in [2.45, 2.75) is 64.0 Å². The second kappa shape index (κ2) is 12.0. The summed E-state index contributed by atoms with van der Waals surface area (Å²) in [6.07, 6.45) is 1.65. The first kappa shape index (κ1) is 28.4. The van der Waals surface area contributed by atoms with E-state index in [9.17, 15) is 18.4 Å². The van der Waals surface area contributed by atoms with Gasteiger partial charge in [0.2, 0.25) is 5.91 Å². The summed E-state index contributed by atoms with van der Waals surface area (Å²) in [7, 11) is 1.43. The van der Waals surface area contributed by atoms with E-state index in [0.717, 1.165) is 32.8 Å². The monoisotopic (exact) mass is 534 g/mol. The van der Waals surface area contributed by atoms with E-state index < -0.39 is 17.9 Å². The molecule has 2 aromatic carbocycles. The molecule has 1 heterocycles. The molecular formula is C31H36F2N4O2. The van der Waals surface area contributed by atoms with E-state index in [0.29, 0.717) is 37.8 Å². The van der Waals surface area contributed by atoms with Gasteiger partial charge in [-0.25, -0.2) is 0 Å². The quantitative estimate of drug-likeness (QED) is 0.359. The minimum absolute atomic E-state index is 0.112. The van der Waals surface area contributed by atoms with Crippen LogP contribution in [-0.2, 0) is 15.1 Å². The number of hydrogen-bond donors (Lipinski definition) is 2. The van der Waals surface area contributed by atoms with Crippen LogP contribution in [0, 0.1) is 5.92 Å². The Morgan fingerprint density at radius 3 is 2.26 bits per heavy atom. The Hall–Kier alpha value is -3.65. The largest absolute Gasteiger partial charge is 0.338 e. The number of aromatic nitrogens is 1. The van der Waals surface area contributed by atoms with Crippen LogP contribution < -0.4 is 11.1 Å². The molecule has 0 radical (unpaired) electrons. The maximum atomic E-state index is 12.9. The molecular weight excluding hydrogens is 498 g/mol. The molecule has 3 aromatic rings.